The molecule has 0 radical (unpaired) electrons. The van der Waals surface area contributed by atoms with Gasteiger partial charge in [0, 0.05) is 25.4 Å². The van der Waals surface area contributed by atoms with Crippen molar-refractivity contribution >= 4 is 17.6 Å². The van der Waals surface area contributed by atoms with E-state index in [9.17, 15) is 9.59 Å². The number of pyridine rings is 1. The lowest BCUT2D eigenvalue weighted by Gasteiger charge is -2.07. The second kappa shape index (κ2) is 4.94. The molecule has 0 aliphatic carbocycles. The van der Waals surface area contributed by atoms with Gasteiger partial charge >= 0.3 is 5.97 Å². The van der Waals surface area contributed by atoms with Gasteiger partial charge in [0.1, 0.15) is 5.56 Å². The summed E-state index contributed by atoms with van der Waals surface area (Å²) < 4.78 is 0. The first-order valence-electron chi connectivity index (χ1n) is 4.30. The fraction of sp³-hybridized carbons (Fsp3) is 0.222. The number of nitrogens with two attached hydrogens (primary N) is 1. The number of carbonyl (C=O) groups excluding carboxylic acids is 1. The van der Waals surface area contributed by atoms with Crippen molar-refractivity contribution in [2.75, 3.05) is 11.9 Å². The lowest BCUT2D eigenvalue weighted by atomic mass is 10.2. The molecule has 0 bridgehead atoms. The molecule has 15 heavy (non-hydrogen) atoms. The van der Waals surface area contributed by atoms with Gasteiger partial charge in [-0.2, -0.15) is 0 Å². The molecule has 0 fully saturated rings. The number of primary amides is 1. The standard InChI is InChI=1S/C9H11N3O3/c10-8(13)2-4-12-7-1-3-11-5-6(7)9(14)15/h1,3,5H,2,4H2,(H2,10,13)(H,11,12)(H,14,15). The van der Waals surface area contributed by atoms with E-state index in [0.29, 0.717) is 12.2 Å². The number of nitrogens with one attached hydrogen (secondary N) is 1. The van der Waals surface area contributed by atoms with E-state index in [0.717, 1.165) is 0 Å². The molecule has 1 aromatic rings. The quantitative estimate of drug-likeness (QED) is 0.636. The van der Waals surface area contributed by atoms with Gasteiger partial charge in [-0.05, 0) is 6.07 Å². The SMILES string of the molecule is NC(=O)CCNc1ccncc1C(=O)O. The van der Waals surface area contributed by atoms with Crippen LogP contribution in [0.4, 0.5) is 5.69 Å². The normalized spacial score (nSPS) is 9.60. The van der Waals surface area contributed by atoms with E-state index in [1.54, 1.807) is 0 Å². The monoisotopic (exact) mass is 209 g/mol. The Kier molecular flexibility index (Phi) is 3.61. The Morgan fingerprint density at radius 3 is 2.87 bits per heavy atom. The summed E-state index contributed by atoms with van der Waals surface area (Å²) in [7, 11) is 0. The molecule has 6 heteroatoms. The zero-order valence-corrected chi connectivity index (χ0v) is 7.93. The van der Waals surface area contributed by atoms with Crippen LogP contribution in [0.2, 0.25) is 0 Å². The second-order valence-corrected chi connectivity index (χ2v) is 2.87. The van der Waals surface area contributed by atoms with E-state index in [2.05, 4.69) is 10.3 Å². The Morgan fingerprint density at radius 1 is 1.53 bits per heavy atom. The van der Waals surface area contributed by atoms with Crippen LogP contribution in [0.1, 0.15) is 16.8 Å². The third-order valence-electron chi connectivity index (χ3n) is 1.74. The van der Waals surface area contributed by atoms with Crippen molar-refractivity contribution in [3.05, 3.63) is 24.0 Å². The van der Waals surface area contributed by atoms with Crippen LogP contribution in [0.25, 0.3) is 0 Å². The molecule has 0 saturated heterocycles. The number of aromatic nitrogens is 1. The van der Waals surface area contributed by atoms with E-state index < -0.39 is 11.9 Å². The first kappa shape index (κ1) is 11.0. The molecule has 1 rings (SSSR count). The Bertz CT molecular complexity index is 379. The molecule has 0 spiro atoms. The summed E-state index contributed by atoms with van der Waals surface area (Å²) in [6.45, 7) is 0.305. The minimum Gasteiger partial charge on any atom is -0.478 e. The highest BCUT2D eigenvalue weighted by Crippen LogP contribution is 2.12. The predicted molar refractivity (Wildman–Crippen MR) is 53.5 cm³/mol. The van der Waals surface area contributed by atoms with E-state index in [1.165, 1.54) is 18.5 Å². The van der Waals surface area contributed by atoms with Crippen LogP contribution in [-0.4, -0.2) is 28.5 Å². The van der Waals surface area contributed by atoms with Crippen LogP contribution in [0, 0.1) is 0 Å². The number of aromatic carboxylic acids is 1. The largest absolute Gasteiger partial charge is 0.478 e. The van der Waals surface area contributed by atoms with Gasteiger partial charge in [0.05, 0.1) is 5.69 Å². The molecule has 0 saturated carbocycles. The Hall–Kier alpha value is -2.11. The Labute approximate surface area is 86.1 Å². The van der Waals surface area contributed by atoms with Crippen LogP contribution < -0.4 is 11.1 Å². The van der Waals surface area contributed by atoms with E-state index in [-0.39, 0.29) is 12.0 Å². The number of carboxylic acids is 1. The number of hydrogen-bond acceptors (Lipinski definition) is 4. The number of anilines is 1. The first-order valence-corrected chi connectivity index (χ1v) is 4.30. The Balaban J connectivity index is 2.67. The highest BCUT2D eigenvalue weighted by molar-refractivity contribution is 5.93. The maximum Gasteiger partial charge on any atom is 0.339 e. The van der Waals surface area contributed by atoms with Crippen molar-refractivity contribution in [3.8, 4) is 0 Å². The molecule has 0 atom stereocenters. The van der Waals surface area contributed by atoms with Gasteiger partial charge in [-0.15, -0.1) is 0 Å². The number of amides is 1. The summed E-state index contributed by atoms with van der Waals surface area (Å²) in [4.78, 5) is 24.9. The van der Waals surface area contributed by atoms with Gasteiger partial charge in [0.25, 0.3) is 0 Å². The molecular weight excluding hydrogens is 198 g/mol. The zero-order chi connectivity index (χ0) is 11.3. The van der Waals surface area contributed by atoms with Crippen molar-refractivity contribution in [1.29, 1.82) is 0 Å². The summed E-state index contributed by atoms with van der Waals surface area (Å²) in [6.07, 6.45) is 2.87. The lowest BCUT2D eigenvalue weighted by molar-refractivity contribution is -0.117. The molecule has 4 N–H and O–H groups in total. The second-order valence-electron chi connectivity index (χ2n) is 2.87. The summed E-state index contributed by atoms with van der Waals surface area (Å²) in [6, 6.07) is 1.53. The number of nitrogens with zero attached hydrogens (tertiary/aromatic N) is 1. The van der Waals surface area contributed by atoms with Gasteiger partial charge in [-0.1, -0.05) is 0 Å². The van der Waals surface area contributed by atoms with Crippen LogP contribution in [0.15, 0.2) is 18.5 Å². The Morgan fingerprint density at radius 2 is 2.27 bits per heavy atom. The lowest BCUT2D eigenvalue weighted by Crippen LogP contribution is -2.16. The summed E-state index contributed by atoms with van der Waals surface area (Å²) in [5, 5.41) is 11.6. The minimum atomic E-state index is -1.07. The summed E-state index contributed by atoms with van der Waals surface area (Å²) >= 11 is 0. The maximum atomic E-state index is 10.7. The van der Waals surface area contributed by atoms with Gasteiger partial charge in [-0.25, -0.2) is 4.79 Å². The van der Waals surface area contributed by atoms with Crippen molar-refractivity contribution < 1.29 is 14.7 Å². The highest BCUT2D eigenvalue weighted by atomic mass is 16.4. The average Bonchev–Trinajstić information content (AvgIpc) is 2.17. The molecule has 0 aliphatic heterocycles. The minimum absolute atomic E-state index is 0.0713. The van der Waals surface area contributed by atoms with Crippen LogP contribution in [0.5, 0.6) is 0 Å². The molecule has 6 nitrogen and oxygen atoms in total. The highest BCUT2D eigenvalue weighted by Gasteiger charge is 2.08. The summed E-state index contributed by atoms with van der Waals surface area (Å²) in [5.41, 5.74) is 5.45. The van der Waals surface area contributed by atoms with E-state index in [1.807, 2.05) is 0 Å². The molecule has 1 aromatic heterocycles. The topological polar surface area (TPSA) is 105 Å². The van der Waals surface area contributed by atoms with Gasteiger partial charge < -0.3 is 16.2 Å². The number of hydrogen-bond donors (Lipinski definition) is 3. The number of carboxylic acid groups (broad SMARTS) is 1. The van der Waals surface area contributed by atoms with Crippen molar-refractivity contribution in [3.63, 3.8) is 0 Å². The predicted octanol–water partition coefficient (Wildman–Crippen LogP) is 0.0671. The van der Waals surface area contributed by atoms with Gasteiger partial charge in [0.15, 0.2) is 0 Å². The third kappa shape index (κ3) is 3.26. The third-order valence-corrected chi connectivity index (χ3v) is 1.74. The van der Waals surface area contributed by atoms with Crippen molar-refractivity contribution in [2.24, 2.45) is 5.73 Å². The molecule has 80 valence electrons. The number of carbonyl (C=O) groups is 2. The van der Waals surface area contributed by atoms with Gasteiger partial charge in [0.2, 0.25) is 5.91 Å². The van der Waals surface area contributed by atoms with E-state index >= 15 is 0 Å². The molecule has 0 aromatic carbocycles. The average molecular weight is 209 g/mol. The zero-order valence-electron chi connectivity index (χ0n) is 7.93. The first-order chi connectivity index (χ1) is 7.11. The summed E-state index contributed by atoms with van der Waals surface area (Å²) in [5.74, 6) is -1.50. The maximum absolute atomic E-state index is 10.7. The molecule has 0 unspecified atom stereocenters. The number of rotatable bonds is 5. The van der Waals surface area contributed by atoms with Crippen LogP contribution in [0.3, 0.4) is 0 Å². The smallest absolute Gasteiger partial charge is 0.339 e. The van der Waals surface area contributed by atoms with Crippen molar-refractivity contribution in [2.45, 2.75) is 6.42 Å². The molecular formula is C9H11N3O3. The fourth-order valence-corrected chi connectivity index (χ4v) is 1.04. The van der Waals surface area contributed by atoms with Gasteiger partial charge in [-0.3, -0.25) is 9.78 Å². The van der Waals surface area contributed by atoms with Crippen LogP contribution >= 0.6 is 0 Å². The fourth-order valence-electron chi connectivity index (χ4n) is 1.04. The molecule has 1 heterocycles. The van der Waals surface area contributed by atoms with Crippen molar-refractivity contribution in [1.82, 2.24) is 4.98 Å². The molecule has 0 aliphatic rings. The molecule has 1 amide bonds. The van der Waals surface area contributed by atoms with E-state index in [4.69, 9.17) is 10.8 Å². The van der Waals surface area contributed by atoms with Crippen LogP contribution in [-0.2, 0) is 4.79 Å².